The second-order valence-corrected chi connectivity index (χ2v) is 6.96. The Labute approximate surface area is 179 Å². The number of benzene rings is 2. The number of rotatable bonds is 7. The summed E-state index contributed by atoms with van der Waals surface area (Å²) >= 11 is 6.84. The summed E-state index contributed by atoms with van der Waals surface area (Å²) in [6.07, 6.45) is 2.35. The molecule has 0 atom stereocenters. The Hall–Kier alpha value is -2.52. The van der Waals surface area contributed by atoms with Gasteiger partial charge in [0.15, 0.2) is 5.75 Å². The molecule has 0 heterocycles. The smallest absolute Gasteiger partial charge is 0.326 e. The zero-order valence-electron chi connectivity index (χ0n) is 15.1. The van der Waals surface area contributed by atoms with Crippen molar-refractivity contribution in [3.8, 4) is 17.2 Å². The van der Waals surface area contributed by atoms with Crippen molar-refractivity contribution in [1.29, 1.82) is 0 Å². The Kier molecular flexibility index (Phi) is 8.34. The van der Waals surface area contributed by atoms with Gasteiger partial charge in [0.2, 0.25) is 0 Å². The molecule has 7 nitrogen and oxygen atoms in total. The van der Waals surface area contributed by atoms with Gasteiger partial charge in [0, 0.05) is 11.8 Å². The van der Waals surface area contributed by atoms with Crippen molar-refractivity contribution in [2.75, 3.05) is 19.0 Å². The molecule has 148 valence electrons. The number of methoxy groups -OCH3 is 1. The summed E-state index contributed by atoms with van der Waals surface area (Å²) in [6.45, 7) is 2.22. The van der Waals surface area contributed by atoms with Crippen LogP contribution in [0.15, 0.2) is 57.7 Å². The Morgan fingerprint density at radius 2 is 1.68 bits per heavy atom. The summed E-state index contributed by atoms with van der Waals surface area (Å²) in [5.41, 5.74) is 0.458. The summed E-state index contributed by atoms with van der Waals surface area (Å²) < 4.78 is 17.1. The predicted octanol–water partition coefficient (Wildman–Crippen LogP) is 5.21. The third-order valence-electron chi connectivity index (χ3n) is 3.25. The highest BCUT2D eigenvalue weighted by molar-refractivity contribution is 9.11. The Bertz CT molecular complexity index is 846. The first-order chi connectivity index (χ1) is 13.4. The fourth-order valence-corrected chi connectivity index (χ4v) is 3.36. The number of urea groups is 1. The highest BCUT2D eigenvalue weighted by Crippen LogP contribution is 2.39. The van der Waals surface area contributed by atoms with Gasteiger partial charge in [-0.1, -0.05) is 0 Å². The zero-order chi connectivity index (χ0) is 20.5. The highest BCUT2D eigenvalue weighted by Gasteiger charge is 2.13. The summed E-state index contributed by atoms with van der Waals surface area (Å²) in [5, 5.41) is 4.74. The number of ether oxygens (including phenoxy) is 3. The molecule has 2 aromatic carbocycles. The number of imide groups is 1. The fraction of sp³-hybridized carbons (Fsp3) is 0.158. The second kappa shape index (κ2) is 10.7. The van der Waals surface area contributed by atoms with E-state index >= 15 is 0 Å². The van der Waals surface area contributed by atoms with Crippen molar-refractivity contribution in [1.82, 2.24) is 5.32 Å². The van der Waals surface area contributed by atoms with Gasteiger partial charge in [0.05, 0.1) is 28.9 Å². The minimum atomic E-state index is -0.672. The van der Waals surface area contributed by atoms with Crippen LogP contribution in [0.3, 0.4) is 0 Å². The molecular weight excluding hydrogens is 496 g/mol. The number of anilines is 1. The van der Waals surface area contributed by atoms with Crippen LogP contribution in [-0.4, -0.2) is 25.7 Å². The average molecular weight is 514 g/mol. The molecule has 0 radical (unpaired) electrons. The van der Waals surface area contributed by atoms with Crippen LogP contribution < -0.4 is 20.1 Å². The summed E-state index contributed by atoms with van der Waals surface area (Å²) in [7, 11) is 1.59. The zero-order valence-corrected chi connectivity index (χ0v) is 18.3. The van der Waals surface area contributed by atoms with Crippen LogP contribution in [0.2, 0.25) is 0 Å². The molecule has 2 N–H and O–H groups in total. The molecule has 0 saturated carbocycles. The lowest BCUT2D eigenvalue weighted by Crippen LogP contribution is -2.33. The first-order valence-electron chi connectivity index (χ1n) is 8.14. The van der Waals surface area contributed by atoms with Gasteiger partial charge in [-0.25, -0.2) is 4.79 Å². The first kappa shape index (κ1) is 21.8. The van der Waals surface area contributed by atoms with E-state index in [1.165, 1.54) is 6.26 Å². The largest absolute Gasteiger partial charge is 0.501 e. The van der Waals surface area contributed by atoms with Crippen molar-refractivity contribution in [3.05, 3.63) is 57.7 Å². The van der Waals surface area contributed by atoms with E-state index in [1.54, 1.807) is 50.4 Å². The Morgan fingerprint density at radius 3 is 2.25 bits per heavy atom. The molecule has 0 unspecified atom stereocenters. The lowest BCUT2D eigenvalue weighted by molar-refractivity contribution is -0.115. The molecule has 9 heteroatoms. The van der Waals surface area contributed by atoms with Crippen LogP contribution in [0.4, 0.5) is 10.5 Å². The molecule has 0 fully saturated rings. The maximum atomic E-state index is 11.9. The Balaban J connectivity index is 2.04. The van der Waals surface area contributed by atoms with Gasteiger partial charge in [-0.3, -0.25) is 10.1 Å². The van der Waals surface area contributed by atoms with Gasteiger partial charge in [-0.05, 0) is 75.2 Å². The van der Waals surface area contributed by atoms with Gasteiger partial charge in [-0.2, -0.15) is 0 Å². The molecule has 0 aliphatic rings. The lowest BCUT2D eigenvalue weighted by atomic mass is 10.3. The van der Waals surface area contributed by atoms with Crippen molar-refractivity contribution in [2.24, 2.45) is 0 Å². The average Bonchev–Trinajstić information content (AvgIpc) is 2.65. The minimum absolute atomic E-state index is 0.434. The van der Waals surface area contributed by atoms with E-state index in [0.29, 0.717) is 32.7 Å². The maximum absolute atomic E-state index is 11.9. The Morgan fingerprint density at radius 1 is 1.07 bits per heavy atom. The topological polar surface area (TPSA) is 85.9 Å². The first-order valence-corrected chi connectivity index (χ1v) is 9.72. The van der Waals surface area contributed by atoms with Crippen LogP contribution in [0.25, 0.3) is 0 Å². The van der Waals surface area contributed by atoms with Gasteiger partial charge in [0.1, 0.15) is 11.5 Å². The number of carbonyl (C=O) groups excluding carboxylic acids is 2. The third-order valence-corrected chi connectivity index (χ3v) is 4.43. The summed E-state index contributed by atoms with van der Waals surface area (Å²) in [5.74, 6) is 1.28. The molecule has 2 rings (SSSR count). The van der Waals surface area contributed by atoms with E-state index in [-0.39, 0.29) is 0 Å². The standard InChI is InChI=1S/C19H18Br2N2O5/c1-3-27-9-8-17(24)23-19(25)22-12-10-15(20)18(16(21)11-12)28-14-6-4-13(26-2)5-7-14/h4-11H,3H2,1-2H3,(H2,22,23,24,25). The maximum Gasteiger partial charge on any atom is 0.326 e. The molecule has 0 spiro atoms. The van der Waals surface area contributed by atoms with E-state index in [4.69, 9.17) is 14.2 Å². The van der Waals surface area contributed by atoms with E-state index in [0.717, 1.165) is 11.8 Å². The van der Waals surface area contributed by atoms with E-state index in [9.17, 15) is 9.59 Å². The van der Waals surface area contributed by atoms with Crippen LogP contribution >= 0.6 is 31.9 Å². The predicted molar refractivity (Wildman–Crippen MR) is 113 cm³/mol. The molecule has 3 amide bonds. The molecule has 0 aliphatic carbocycles. The van der Waals surface area contributed by atoms with Gasteiger partial charge >= 0.3 is 6.03 Å². The minimum Gasteiger partial charge on any atom is -0.501 e. The molecular formula is C19H18Br2N2O5. The molecule has 0 aromatic heterocycles. The lowest BCUT2D eigenvalue weighted by Gasteiger charge is -2.13. The van der Waals surface area contributed by atoms with Crippen molar-refractivity contribution >= 4 is 49.5 Å². The number of amides is 3. The number of carbonyl (C=O) groups is 2. The van der Waals surface area contributed by atoms with Crippen LogP contribution in [0, 0.1) is 0 Å². The van der Waals surface area contributed by atoms with Gasteiger partial charge < -0.3 is 19.5 Å². The SMILES string of the molecule is CCOC=CC(=O)NC(=O)Nc1cc(Br)c(Oc2ccc(OC)cc2)c(Br)c1. The third kappa shape index (κ3) is 6.58. The monoisotopic (exact) mass is 512 g/mol. The number of hydrogen-bond acceptors (Lipinski definition) is 5. The number of hydrogen-bond donors (Lipinski definition) is 2. The van der Waals surface area contributed by atoms with Crippen molar-refractivity contribution in [2.45, 2.75) is 6.92 Å². The molecule has 0 aliphatic heterocycles. The fourth-order valence-electron chi connectivity index (χ4n) is 2.01. The molecule has 2 aromatic rings. The highest BCUT2D eigenvalue weighted by atomic mass is 79.9. The van der Waals surface area contributed by atoms with E-state index in [2.05, 4.69) is 42.5 Å². The quantitative estimate of drug-likeness (QED) is 0.392. The second-order valence-electron chi connectivity index (χ2n) is 5.25. The van der Waals surface area contributed by atoms with E-state index in [1.807, 2.05) is 0 Å². The molecule has 28 heavy (non-hydrogen) atoms. The molecule has 0 saturated heterocycles. The van der Waals surface area contributed by atoms with Crippen LogP contribution in [0.5, 0.6) is 17.2 Å². The van der Waals surface area contributed by atoms with Gasteiger partial charge in [0.25, 0.3) is 5.91 Å². The summed E-state index contributed by atoms with van der Waals surface area (Å²) in [6, 6.07) is 9.77. The van der Waals surface area contributed by atoms with Crippen molar-refractivity contribution < 1.29 is 23.8 Å². The molecule has 0 bridgehead atoms. The number of halogens is 2. The van der Waals surface area contributed by atoms with Gasteiger partial charge in [-0.15, -0.1) is 0 Å². The number of nitrogens with one attached hydrogen (secondary N) is 2. The summed E-state index contributed by atoms with van der Waals surface area (Å²) in [4.78, 5) is 23.5. The van der Waals surface area contributed by atoms with Crippen molar-refractivity contribution in [3.63, 3.8) is 0 Å². The normalized spacial score (nSPS) is 10.4. The van der Waals surface area contributed by atoms with Crippen LogP contribution in [-0.2, 0) is 9.53 Å². The van der Waals surface area contributed by atoms with E-state index < -0.39 is 11.9 Å². The van der Waals surface area contributed by atoms with Crippen LogP contribution in [0.1, 0.15) is 6.92 Å².